The van der Waals surface area contributed by atoms with E-state index in [1.165, 1.54) is 11.8 Å². The van der Waals surface area contributed by atoms with E-state index in [0.29, 0.717) is 36.4 Å². The monoisotopic (exact) mass is 347 g/mol. The molecule has 8 heteroatoms. The fraction of sp³-hybridized carbons (Fsp3) is 0.438. The van der Waals surface area contributed by atoms with Crippen LogP contribution in [0.4, 0.5) is 5.69 Å². The molecule has 1 saturated heterocycles. The van der Waals surface area contributed by atoms with Gasteiger partial charge in [-0.2, -0.15) is 0 Å². The minimum Gasteiger partial charge on any atom is -0.486 e. The lowest BCUT2D eigenvalue weighted by Crippen LogP contribution is -2.35. The lowest BCUT2D eigenvalue weighted by molar-refractivity contribution is -0.125. The molecule has 3 aliphatic heterocycles. The Morgan fingerprint density at radius 2 is 2.12 bits per heavy atom. The van der Waals surface area contributed by atoms with Crippen LogP contribution in [0.5, 0.6) is 11.5 Å². The molecule has 0 saturated carbocycles. The van der Waals surface area contributed by atoms with Crippen LogP contribution in [-0.2, 0) is 9.59 Å². The first-order valence-electron chi connectivity index (χ1n) is 7.89. The third-order valence-corrected chi connectivity index (χ3v) is 5.04. The van der Waals surface area contributed by atoms with E-state index in [-0.39, 0.29) is 24.2 Å². The summed E-state index contributed by atoms with van der Waals surface area (Å²) in [5.41, 5.74) is 0.729. The second-order valence-corrected chi connectivity index (χ2v) is 6.84. The minimum absolute atomic E-state index is 0.0622. The lowest BCUT2D eigenvalue weighted by Gasteiger charge is -2.22. The van der Waals surface area contributed by atoms with Gasteiger partial charge in [0.2, 0.25) is 11.8 Å². The van der Waals surface area contributed by atoms with Gasteiger partial charge in [-0.15, -0.1) is 0 Å². The molecule has 0 spiro atoms. The van der Waals surface area contributed by atoms with Crippen molar-refractivity contribution in [2.24, 2.45) is 10.9 Å². The summed E-state index contributed by atoms with van der Waals surface area (Å²) in [6.45, 7) is 2.11. The van der Waals surface area contributed by atoms with Gasteiger partial charge >= 0.3 is 0 Å². The first kappa shape index (κ1) is 15.3. The third kappa shape index (κ3) is 2.93. The van der Waals surface area contributed by atoms with Crippen LogP contribution in [0.1, 0.15) is 6.42 Å². The van der Waals surface area contributed by atoms with Crippen molar-refractivity contribution in [3.63, 3.8) is 0 Å². The normalized spacial score (nSPS) is 22.5. The molecule has 4 rings (SSSR count). The molecule has 0 bridgehead atoms. The van der Waals surface area contributed by atoms with Gasteiger partial charge in [0.15, 0.2) is 16.7 Å². The Hall–Kier alpha value is -2.22. The molecule has 0 radical (unpaired) electrons. The number of amidine groups is 1. The molecule has 1 aromatic carbocycles. The van der Waals surface area contributed by atoms with Gasteiger partial charge in [0, 0.05) is 30.5 Å². The number of benzene rings is 1. The largest absolute Gasteiger partial charge is 0.486 e. The van der Waals surface area contributed by atoms with Gasteiger partial charge in [-0.05, 0) is 12.1 Å². The van der Waals surface area contributed by atoms with Crippen LogP contribution in [0.3, 0.4) is 0 Å². The summed E-state index contributed by atoms with van der Waals surface area (Å²) < 4.78 is 11.1. The van der Waals surface area contributed by atoms with E-state index in [4.69, 9.17) is 9.47 Å². The minimum atomic E-state index is -0.366. The van der Waals surface area contributed by atoms with E-state index in [9.17, 15) is 9.59 Å². The van der Waals surface area contributed by atoms with Gasteiger partial charge in [0.25, 0.3) is 0 Å². The van der Waals surface area contributed by atoms with Crippen molar-refractivity contribution in [1.82, 2.24) is 5.32 Å². The number of amides is 2. The molecule has 1 atom stereocenters. The van der Waals surface area contributed by atoms with Gasteiger partial charge < -0.3 is 19.7 Å². The van der Waals surface area contributed by atoms with E-state index < -0.39 is 0 Å². The Labute approximate surface area is 143 Å². The van der Waals surface area contributed by atoms with Crippen molar-refractivity contribution in [3.05, 3.63) is 18.2 Å². The van der Waals surface area contributed by atoms with Crippen LogP contribution in [0.2, 0.25) is 0 Å². The van der Waals surface area contributed by atoms with E-state index in [0.717, 1.165) is 18.0 Å². The summed E-state index contributed by atoms with van der Waals surface area (Å²) in [4.78, 5) is 30.5. The highest BCUT2D eigenvalue weighted by atomic mass is 32.2. The number of fused-ring (bicyclic) bond motifs is 1. The number of carbonyl (C=O) groups excluding carboxylic acids is 2. The summed E-state index contributed by atoms with van der Waals surface area (Å²) >= 11 is 1.53. The predicted molar refractivity (Wildman–Crippen MR) is 90.8 cm³/mol. The van der Waals surface area contributed by atoms with Crippen molar-refractivity contribution in [3.8, 4) is 11.5 Å². The second-order valence-electron chi connectivity index (χ2n) is 5.76. The average molecular weight is 347 g/mol. The van der Waals surface area contributed by atoms with Crippen molar-refractivity contribution >= 4 is 34.4 Å². The molecule has 1 aromatic rings. The number of anilines is 1. The quantitative estimate of drug-likeness (QED) is 0.864. The summed E-state index contributed by atoms with van der Waals surface area (Å²) in [5, 5.41) is 3.47. The van der Waals surface area contributed by atoms with Crippen LogP contribution >= 0.6 is 11.8 Å². The Bertz CT molecular complexity index is 721. The first-order chi connectivity index (χ1) is 11.7. The van der Waals surface area contributed by atoms with Gasteiger partial charge in [0.1, 0.15) is 13.2 Å². The standard InChI is InChI=1S/C16H17N3O4S/c20-14-7-10(15(21)18-16-17-3-6-24-16)9-19(14)11-1-2-12-13(8-11)23-5-4-22-12/h1-2,8,10H,3-7,9H2,(H,17,18,21)/t10-/m0/s1. The molecule has 1 N–H and O–H groups in total. The number of rotatable bonds is 2. The fourth-order valence-corrected chi connectivity index (χ4v) is 3.68. The van der Waals surface area contributed by atoms with Crippen molar-refractivity contribution in [2.45, 2.75) is 6.42 Å². The molecule has 126 valence electrons. The number of thioether (sulfide) groups is 1. The summed E-state index contributed by atoms with van der Waals surface area (Å²) in [7, 11) is 0. The molecular weight excluding hydrogens is 330 g/mol. The molecule has 1 fully saturated rings. The molecular formula is C16H17N3O4S. The van der Waals surface area contributed by atoms with Crippen LogP contribution < -0.4 is 19.7 Å². The Morgan fingerprint density at radius 1 is 1.29 bits per heavy atom. The highest BCUT2D eigenvalue weighted by molar-refractivity contribution is 8.14. The molecule has 7 nitrogen and oxygen atoms in total. The van der Waals surface area contributed by atoms with Crippen LogP contribution in [-0.4, -0.2) is 49.0 Å². The highest BCUT2D eigenvalue weighted by Crippen LogP contribution is 2.36. The van der Waals surface area contributed by atoms with E-state index in [1.807, 2.05) is 6.07 Å². The number of ether oxygens (including phenoxy) is 2. The lowest BCUT2D eigenvalue weighted by atomic mass is 10.1. The van der Waals surface area contributed by atoms with Crippen LogP contribution in [0.15, 0.2) is 23.2 Å². The topological polar surface area (TPSA) is 80.2 Å². The zero-order chi connectivity index (χ0) is 16.5. The van der Waals surface area contributed by atoms with Gasteiger partial charge in [0.05, 0.1) is 12.5 Å². The Kier molecular flexibility index (Phi) is 4.05. The third-order valence-electron chi connectivity index (χ3n) is 4.15. The summed E-state index contributed by atoms with van der Waals surface area (Å²) in [5.74, 6) is 1.64. The van der Waals surface area contributed by atoms with Crippen molar-refractivity contribution in [2.75, 3.05) is 37.0 Å². The molecule has 0 aliphatic carbocycles. The van der Waals surface area contributed by atoms with E-state index in [2.05, 4.69) is 10.3 Å². The molecule has 24 heavy (non-hydrogen) atoms. The Morgan fingerprint density at radius 3 is 2.92 bits per heavy atom. The number of nitrogens with one attached hydrogen (secondary N) is 1. The zero-order valence-corrected chi connectivity index (χ0v) is 13.8. The molecule has 0 aromatic heterocycles. The maximum absolute atomic E-state index is 12.3. The summed E-state index contributed by atoms with van der Waals surface area (Å²) in [6, 6.07) is 5.42. The van der Waals surface area contributed by atoms with Crippen LogP contribution in [0.25, 0.3) is 0 Å². The maximum Gasteiger partial charge on any atom is 0.231 e. The molecule has 2 amide bonds. The van der Waals surface area contributed by atoms with Gasteiger partial charge in [-0.25, -0.2) is 0 Å². The first-order valence-corrected chi connectivity index (χ1v) is 8.87. The second kappa shape index (κ2) is 6.35. The average Bonchev–Trinajstić information content (AvgIpc) is 3.24. The number of nitrogens with zero attached hydrogens (tertiary/aromatic N) is 2. The molecule has 3 aliphatic rings. The van der Waals surface area contributed by atoms with Crippen LogP contribution in [0, 0.1) is 5.92 Å². The smallest absolute Gasteiger partial charge is 0.231 e. The zero-order valence-electron chi connectivity index (χ0n) is 13.0. The maximum atomic E-state index is 12.3. The van der Waals surface area contributed by atoms with Crippen molar-refractivity contribution in [1.29, 1.82) is 0 Å². The fourth-order valence-electron chi connectivity index (χ4n) is 2.95. The SMILES string of the molecule is O=C(NC1=NCCS1)[C@H]1CC(=O)N(c2ccc3c(c2)OCCO3)C1. The number of carbonyl (C=O) groups is 2. The van der Waals surface area contributed by atoms with Gasteiger partial charge in [-0.3, -0.25) is 14.6 Å². The molecule has 0 unspecified atom stereocenters. The van der Waals surface area contributed by atoms with E-state index in [1.54, 1.807) is 17.0 Å². The predicted octanol–water partition coefficient (Wildman–Crippen LogP) is 1.03. The van der Waals surface area contributed by atoms with E-state index >= 15 is 0 Å². The van der Waals surface area contributed by atoms with Crippen molar-refractivity contribution < 1.29 is 19.1 Å². The number of aliphatic imine (C=N–C) groups is 1. The number of hydrogen-bond acceptors (Lipinski definition) is 6. The number of hydrogen-bond donors (Lipinski definition) is 1. The summed E-state index contributed by atoms with van der Waals surface area (Å²) in [6.07, 6.45) is 0.207. The molecule has 3 heterocycles. The highest BCUT2D eigenvalue weighted by Gasteiger charge is 2.36. The Balaban J connectivity index is 1.46. The van der Waals surface area contributed by atoms with Gasteiger partial charge in [-0.1, -0.05) is 11.8 Å².